The molecule has 198 valence electrons. The Labute approximate surface area is 223 Å². The highest BCUT2D eigenvalue weighted by Gasteiger charge is 2.59. The molecular weight excluding hydrogens is 456 g/mol. The van der Waals surface area contributed by atoms with Crippen LogP contribution in [0, 0.1) is 38.9 Å². The number of rotatable bonds is 9. The molecule has 6 fully saturated rings. The molecule has 6 saturated carbocycles. The molecule has 0 heterocycles. The third-order valence-electron chi connectivity index (χ3n) is 11.8. The van der Waals surface area contributed by atoms with Gasteiger partial charge in [0.2, 0.25) is 0 Å². The molecule has 1 aromatic carbocycles. The van der Waals surface area contributed by atoms with Crippen LogP contribution in [-0.2, 0) is 10.2 Å². The van der Waals surface area contributed by atoms with Crippen molar-refractivity contribution in [3.05, 3.63) is 34.4 Å². The average Bonchev–Trinajstić information content (AvgIpc) is 2.93. The number of benzene rings is 1. The molecule has 1 N–H and O–H groups in total. The Morgan fingerprint density at radius 1 is 0.838 bits per heavy atom. The fraction of sp³-hybridized carbons (Fsp3) is 0.727. The third-order valence-corrected chi connectivity index (χ3v) is 11.8. The molecule has 6 aliphatic rings. The number of carboxylic acids is 1. The summed E-state index contributed by atoms with van der Waals surface area (Å²) in [6, 6.07) is 9.13. The highest BCUT2D eigenvalue weighted by molar-refractivity contribution is 5.77. The number of unbranched alkanes of at least 4 members (excludes halogenated alkanes) is 2. The molecule has 0 radical (unpaired) electrons. The number of fused-ring (bicyclic) bond motifs is 6. The van der Waals surface area contributed by atoms with Crippen molar-refractivity contribution in [1.29, 1.82) is 10.5 Å². The van der Waals surface area contributed by atoms with Gasteiger partial charge in [0.15, 0.2) is 0 Å². The standard InChI is InChI=1S/C33H44N2O2/c1-3-5-6-10-30-11-16-32(17-12-30,18-13-30)27-8-7-24(25(22-34)26(27)23-35)28-21-31(9-4-2)14-19-33(28,20-15-31)29(36)37/h7-8,28H,3-6,9-21H2,1-2H3,(H,36,37). The number of hydrogen-bond acceptors (Lipinski definition) is 3. The summed E-state index contributed by atoms with van der Waals surface area (Å²) in [5.74, 6) is -0.900. The number of aliphatic carboxylic acids is 1. The zero-order valence-corrected chi connectivity index (χ0v) is 23.0. The molecule has 0 aliphatic heterocycles. The first-order valence-corrected chi connectivity index (χ1v) is 15.0. The van der Waals surface area contributed by atoms with Gasteiger partial charge in [-0.25, -0.2) is 0 Å². The van der Waals surface area contributed by atoms with Gasteiger partial charge in [-0.15, -0.1) is 0 Å². The van der Waals surface area contributed by atoms with E-state index in [1.165, 1.54) is 44.9 Å². The maximum atomic E-state index is 12.7. The van der Waals surface area contributed by atoms with E-state index in [-0.39, 0.29) is 16.7 Å². The number of nitriles is 2. The zero-order valence-electron chi connectivity index (χ0n) is 23.0. The smallest absolute Gasteiger partial charge is 0.310 e. The van der Waals surface area contributed by atoms with Gasteiger partial charge in [0.25, 0.3) is 0 Å². The van der Waals surface area contributed by atoms with Crippen molar-refractivity contribution < 1.29 is 9.90 Å². The van der Waals surface area contributed by atoms with Gasteiger partial charge in [0.1, 0.15) is 12.1 Å². The fourth-order valence-electron chi connectivity index (χ4n) is 9.44. The highest BCUT2D eigenvalue weighted by Crippen LogP contribution is 2.65. The molecule has 0 aromatic heterocycles. The lowest BCUT2D eigenvalue weighted by molar-refractivity contribution is -0.162. The Kier molecular flexibility index (Phi) is 6.94. The summed E-state index contributed by atoms with van der Waals surface area (Å²) in [5.41, 5.74) is 2.80. The Morgan fingerprint density at radius 2 is 1.46 bits per heavy atom. The molecule has 4 bridgehead atoms. The quantitative estimate of drug-likeness (QED) is 0.344. The van der Waals surface area contributed by atoms with Crippen LogP contribution < -0.4 is 0 Å². The Hall–Kier alpha value is -2.33. The largest absolute Gasteiger partial charge is 0.481 e. The van der Waals surface area contributed by atoms with Crippen LogP contribution in [0.15, 0.2) is 12.1 Å². The second-order valence-electron chi connectivity index (χ2n) is 13.4. The summed E-state index contributed by atoms with van der Waals surface area (Å²) in [6.45, 7) is 4.48. The molecule has 1 aromatic rings. The molecule has 0 spiro atoms. The Balaban J connectivity index is 1.50. The summed E-state index contributed by atoms with van der Waals surface area (Å²) in [4.78, 5) is 12.7. The lowest BCUT2D eigenvalue weighted by Crippen LogP contribution is -2.51. The van der Waals surface area contributed by atoms with Gasteiger partial charge in [-0.2, -0.15) is 10.5 Å². The summed E-state index contributed by atoms with van der Waals surface area (Å²) in [6.07, 6.45) is 18.6. The second-order valence-corrected chi connectivity index (χ2v) is 13.4. The third kappa shape index (κ3) is 4.11. The SMILES string of the molecule is CCCCCC12CCC(c3ccc(C4CC5(CCC)CCC4(C(=O)O)CC5)c(C#N)c3C#N)(CC1)CC2. The van der Waals surface area contributed by atoms with Crippen LogP contribution in [0.25, 0.3) is 0 Å². The number of carboxylic acid groups (broad SMARTS) is 1. The maximum Gasteiger partial charge on any atom is 0.310 e. The first-order chi connectivity index (χ1) is 17.8. The number of carbonyl (C=O) groups is 1. The van der Waals surface area contributed by atoms with Crippen molar-refractivity contribution in [2.75, 3.05) is 0 Å². The van der Waals surface area contributed by atoms with E-state index in [0.717, 1.165) is 62.5 Å². The van der Waals surface area contributed by atoms with Crippen molar-refractivity contribution in [3.63, 3.8) is 0 Å². The van der Waals surface area contributed by atoms with Gasteiger partial charge >= 0.3 is 5.97 Å². The second kappa shape index (κ2) is 9.76. The minimum atomic E-state index is -0.804. The molecule has 1 unspecified atom stereocenters. The molecule has 0 saturated heterocycles. The van der Waals surface area contributed by atoms with Crippen molar-refractivity contribution in [2.24, 2.45) is 16.2 Å². The molecule has 4 nitrogen and oxygen atoms in total. The van der Waals surface area contributed by atoms with E-state index in [0.29, 0.717) is 29.4 Å². The van der Waals surface area contributed by atoms with Crippen molar-refractivity contribution in [2.45, 2.75) is 134 Å². The van der Waals surface area contributed by atoms with Gasteiger partial charge in [0, 0.05) is 5.92 Å². The van der Waals surface area contributed by atoms with E-state index in [2.05, 4.69) is 38.1 Å². The van der Waals surface area contributed by atoms with E-state index >= 15 is 0 Å². The van der Waals surface area contributed by atoms with Crippen molar-refractivity contribution in [1.82, 2.24) is 0 Å². The van der Waals surface area contributed by atoms with Crippen LogP contribution in [0.1, 0.15) is 151 Å². The summed E-state index contributed by atoms with van der Waals surface area (Å²) in [7, 11) is 0. The van der Waals surface area contributed by atoms with Gasteiger partial charge < -0.3 is 5.11 Å². The van der Waals surface area contributed by atoms with Crippen LogP contribution in [-0.4, -0.2) is 11.1 Å². The molecule has 1 atom stereocenters. The van der Waals surface area contributed by atoms with E-state index in [1.807, 2.05) is 0 Å². The van der Waals surface area contributed by atoms with E-state index < -0.39 is 11.4 Å². The minimum absolute atomic E-state index is 0.00118. The van der Waals surface area contributed by atoms with Crippen LogP contribution in [0.2, 0.25) is 0 Å². The van der Waals surface area contributed by atoms with E-state index in [1.54, 1.807) is 0 Å². The topological polar surface area (TPSA) is 84.9 Å². The molecule has 4 heteroatoms. The van der Waals surface area contributed by atoms with Crippen molar-refractivity contribution in [3.8, 4) is 12.1 Å². The molecule has 0 amide bonds. The summed E-state index contributed by atoms with van der Waals surface area (Å²) in [5, 5.41) is 31.3. The van der Waals surface area contributed by atoms with E-state index in [4.69, 9.17) is 0 Å². The van der Waals surface area contributed by atoms with Crippen LogP contribution >= 0.6 is 0 Å². The zero-order chi connectivity index (χ0) is 26.3. The van der Waals surface area contributed by atoms with Gasteiger partial charge in [-0.3, -0.25) is 4.79 Å². The first kappa shape index (κ1) is 26.3. The molecular formula is C33H44N2O2. The summed E-state index contributed by atoms with van der Waals surface area (Å²) >= 11 is 0. The minimum Gasteiger partial charge on any atom is -0.481 e. The van der Waals surface area contributed by atoms with Crippen LogP contribution in [0.3, 0.4) is 0 Å². The number of hydrogen-bond donors (Lipinski definition) is 1. The maximum absolute atomic E-state index is 12.7. The van der Waals surface area contributed by atoms with Gasteiger partial charge in [-0.1, -0.05) is 51.7 Å². The lowest BCUT2D eigenvalue weighted by atomic mass is 9.46. The monoisotopic (exact) mass is 500 g/mol. The lowest BCUT2D eigenvalue weighted by Gasteiger charge is -2.56. The normalized spacial score (nSPS) is 36.2. The van der Waals surface area contributed by atoms with Crippen molar-refractivity contribution >= 4 is 5.97 Å². The molecule has 6 aliphatic carbocycles. The predicted molar refractivity (Wildman–Crippen MR) is 145 cm³/mol. The fourth-order valence-corrected chi connectivity index (χ4v) is 9.44. The summed E-state index contributed by atoms with van der Waals surface area (Å²) < 4.78 is 0. The Bertz CT molecular complexity index is 1100. The average molecular weight is 501 g/mol. The van der Waals surface area contributed by atoms with Crippen LogP contribution in [0.5, 0.6) is 0 Å². The molecule has 7 rings (SSSR count). The highest BCUT2D eigenvalue weighted by atomic mass is 16.4. The van der Waals surface area contributed by atoms with E-state index in [9.17, 15) is 20.4 Å². The van der Waals surface area contributed by atoms with Gasteiger partial charge in [0.05, 0.1) is 16.5 Å². The molecule has 37 heavy (non-hydrogen) atoms. The van der Waals surface area contributed by atoms with Crippen LogP contribution in [0.4, 0.5) is 0 Å². The van der Waals surface area contributed by atoms with Gasteiger partial charge in [-0.05, 0) is 111 Å². The Morgan fingerprint density at radius 3 is 2.00 bits per heavy atom. The number of nitrogens with zero attached hydrogens (tertiary/aromatic N) is 2. The predicted octanol–water partition coefficient (Wildman–Crippen LogP) is 8.52. The first-order valence-electron chi connectivity index (χ1n) is 15.0.